The predicted molar refractivity (Wildman–Crippen MR) is 66.3 cm³/mol. The summed E-state index contributed by atoms with van der Waals surface area (Å²) in [6.07, 6.45) is 0. The highest BCUT2D eigenvalue weighted by Crippen LogP contribution is 2.20. The number of rotatable bonds is 5. The van der Waals surface area contributed by atoms with E-state index in [4.69, 9.17) is 9.26 Å². The van der Waals surface area contributed by atoms with Gasteiger partial charge >= 0.3 is 0 Å². The molecule has 0 aliphatic heterocycles. The molecule has 6 heteroatoms. The number of ether oxygens (including phenoxy) is 1. The lowest BCUT2D eigenvalue weighted by Gasteiger charge is -2.05. The first-order valence-electron chi connectivity index (χ1n) is 5.81. The summed E-state index contributed by atoms with van der Waals surface area (Å²) in [6, 6.07) is 1.92. The Hall–Kier alpha value is -1.82. The standard InChI is InChI=1S/C12H18N4O2/c1-8-5-10(15-18-8)6-13-7-11-9(2)14-16(3)12(11)17-4/h5,13H,6-7H2,1-4H3. The van der Waals surface area contributed by atoms with Crippen LogP contribution in [0.1, 0.15) is 22.7 Å². The van der Waals surface area contributed by atoms with Crippen molar-refractivity contribution in [1.29, 1.82) is 0 Å². The molecule has 2 rings (SSSR count). The second-order valence-corrected chi connectivity index (χ2v) is 4.23. The average Bonchev–Trinajstić information content (AvgIpc) is 2.84. The third-order valence-corrected chi connectivity index (χ3v) is 2.77. The van der Waals surface area contributed by atoms with Gasteiger partial charge in [0.25, 0.3) is 0 Å². The zero-order valence-corrected chi connectivity index (χ0v) is 11.1. The van der Waals surface area contributed by atoms with Crippen LogP contribution in [0.5, 0.6) is 5.88 Å². The summed E-state index contributed by atoms with van der Waals surface area (Å²) in [5.74, 6) is 1.61. The molecule has 0 radical (unpaired) electrons. The molecule has 0 unspecified atom stereocenters. The van der Waals surface area contributed by atoms with Crippen molar-refractivity contribution < 1.29 is 9.26 Å². The van der Waals surface area contributed by atoms with Crippen molar-refractivity contribution in [3.05, 3.63) is 28.8 Å². The van der Waals surface area contributed by atoms with Crippen LogP contribution < -0.4 is 10.1 Å². The topological polar surface area (TPSA) is 65.1 Å². The van der Waals surface area contributed by atoms with Crippen molar-refractivity contribution in [3.63, 3.8) is 0 Å². The molecule has 0 aromatic carbocycles. The minimum atomic E-state index is 0.662. The zero-order valence-electron chi connectivity index (χ0n) is 11.1. The minimum absolute atomic E-state index is 0.662. The van der Waals surface area contributed by atoms with Crippen LogP contribution in [0.3, 0.4) is 0 Å². The van der Waals surface area contributed by atoms with E-state index in [0.717, 1.165) is 28.6 Å². The van der Waals surface area contributed by atoms with Crippen LogP contribution in [0.2, 0.25) is 0 Å². The highest BCUT2D eigenvalue weighted by molar-refractivity contribution is 5.30. The van der Waals surface area contributed by atoms with E-state index in [2.05, 4.69) is 15.6 Å². The molecule has 0 fully saturated rings. The van der Waals surface area contributed by atoms with Gasteiger partial charge in [0, 0.05) is 26.2 Å². The van der Waals surface area contributed by atoms with Gasteiger partial charge in [0.1, 0.15) is 5.76 Å². The number of hydrogen-bond donors (Lipinski definition) is 1. The normalized spacial score (nSPS) is 10.9. The highest BCUT2D eigenvalue weighted by Gasteiger charge is 2.13. The second-order valence-electron chi connectivity index (χ2n) is 4.23. The molecule has 6 nitrogen and oxygen atoms in total. The minimum Gasteiger partial charge on any atom is -0.481 e. The van der Waals surface area contributed by atoms with Crippen LogP contribution in [0.25, 0.3) is 0 Å². The molecular weight excluding hydrogens is 232 g/mol. The molecular formula is C12H18N4O2. The maximum absolute atomic E-state index is 5.33. The monoisotopic (exact) mass is 250 g/mol. The molecule has 2 heterocycles. The molecule has 0 spiro atoms. The summed E-state index contributed by atoms with van der Waals surface area (Å²) >= 11 is 0. The van der Waals surface area contributed by atoms with Gasteiger partial charge in [-0.2, -0.15) is 5.10 Å². The van der Waals surface area contributed by atoms with Crippen LogP contribution >= 0.6 is 0 Å². The number of nitrogens with zero attached hydrogens (tertiary/aromatic N) is 3. The van der Waals surface area contributed by atoms with Gasteiger partial charge in [-0.3, -0.25) is 0 Å². The third kappa shape index (κ3) is 2.53. The quantitative estimate of drug-likeness (QED) is 0.867. The first-order chi connectivity index (χ1) is 8.61. The molecule has 2 aromatic rings. The Bertz CT molecular complexity index is 530. The average molecular weight is 250 g/mol. The van der Waals surface area contributed by atoms with Crippen LogP contribution in [-0.4, -0.2) is 22.0 Å². The molecule has 0 aliphatic carbocycles. The summed E-state index contributed by atoms with van der Waals surface area (Å²) < 4.78 is 12.1. The van der Waals surface area contributed by atoms with Gasteiger partial charge in [0.2, 0.25) is 5.88 Å². The lowest BCUT2D eigenvalue weighted by molar-refractivity contribution is 0.367. The highest BCUT2D eigenvalue weighted by atomic mass is 16.5. The lowest BCUT2D eigenvalue weighted by atomic mass is 10.2. The van der Waals surface area contributed by atoms with Crippen molar-refractivity contribution in [2.24, 2.45) is 7.05 Å². The number of nitrogens with one attached hydrogen (secondary N) is 1. The second kappa shape index (κ2) is 5.22. The SMILES string of the molecule is COc1c(CNCc2cc(C)on2)c(C)nn1C. The summed E-state index contributed by atoms with van der Waals surface area (Å²) in [5.41, 5.74) is 2.94. The van der Waals surface area contributed by atoms with Crippen molar-refractivity contribution >= 4 is 0 Å². The lowest BCUT2D eigenvalue weighted by Crippen LogP contribution is -2.14. The van der Waals surface area contributed by atoms with Gasteiger partial charge in [-0.1, -0.05) is 5.16 Å². The largest absolute Gasteiger partial charge is 0.481 e. The van der Waals surface area contributed by atoms with E-state index in [9.17, 15) is 0 Å². The smallest absolute Gasteiger partial charge is 0.216 e. The Morgan fingerprint density at radius 1 is 1.39 bits per heavy atom. The van der Waals surface area contributed by atoms with Crippen molar-refractivity contribution in [3.8, 4) is 5.88 Å². The van der Waals surface area contributed by atoms with E-state index >= 15 is 0 Å². The number of aryl methyl sites for hydroxylation is 3. The zero-order chi connectivity index (χ0) is 13.1. The van der Waals surface area contributed by atoms with E-state index in [-0.39, 0.29) is 0 Å². The van der Waals surface area contributed by atoms with Crippen molar-refractivity contribution in [2.45, 2.75) is 26.9 Å². The van der Waals surface area contributed by atoms with Crippen LogP contribution in [0.15, 0.2) is 10.6 Å². The van der Waals surface area contributed by atoms with Gasteiger partial charge in [-0.05, 0) is 13.8 Å². The predicted octanol–water partition coefficient (Wildman–Crippen LogP) is 1.32. The number of aromatic nitrogens is 3. The van der Waals surface area contributed by atoms with Crippen LogP contribution in [0, 0.1) is 13.8 Å². The maximum Gasteiger partial charge on any atom is 0.216 e. The fourth-order valence-electron chi connectivity index (χ4n) is 1.96. The summed E-state index contributed by atoms with van der Waals surface area (Å²) in [6.45, 7) is 5.20. The van der Waals surface area contributed by atoms with Crippen molar-refractivity contribution in [1.82, 2.24) is 20.3 Å². The summed E-state index contributed by atoms with van der Waals surface area (Å²) in [5, 5.41) is 11.6. The Kier molecular flexibility index (Phi) is 3.66. The maximum atomic E-state index is 5.33. The molecule has 0 saturated heterocycles. The molecule has 2 aromatic heterocycles. The molecule has 98 valence electrons. The van der Waals surface area contributed by atoms with E-state index in [1.165, 1.54) is 0 Å². The fourth-order valence-corrected chi connectivity index (χ4v) is 1.96. The molecule has 0 bridgehead atoms. The summed E-state index contributed by atoms with van der Waals surface area (Å²) in [4.78, 5) is 0. The number of methoxy groups -OCH3 is 1. The Labute approximate surface area is 106 Å². The molecule has 0 saturated carbocycles. The first kappa shape index (κ1) is 12.6. The van der Waals surface area contributed by atoms with Gasteiger partial charge in [0.15, 0.2) is 0 Å². The molecule has 1 N–H and O–H groups in total. The van der Waals surface area contributed by atoms with Gasteiger partial charge in [-0.25, -0.2) is 4.68 Å². The van der Waals surface area contributed by atoms with Crippen LogP contribution in [0.4, 0.5) is 0 Å². The van der Waals surface area contributed by atoms with E-state index in [1.807, 2.05) is 27.0 Å². The Morgan fingerprint density at radius 2 is 2.17 bits per heavy atom. The van der Waals surface area contributed by atoms with Gasteiger partial charge in [-0.15, -0.1) is 0 Å². The van der Waals surface area contributed by atoms with Crippen LogP contribution in [-0.2, 0) is 20.1 Å². The van der Waals surface area contributed by atoms with Gasteiger partial charge < -0.3 is 14.6 Å². The van der Waals surface area contributed by atoms with Crippen molar-refractivity contribution in [2.75, 3.05) is 7.11 Å². The van der Waals surface area contributed by atoms with E-state index in [0.29, 0.717) is 13.1 Å². The number of hydrogen-bond acceptors (Lipinski definition) is 5. The first-order valence-corrected chi connectivity index (χ1v) is 5.81. The fraction of sp³-hybridized carbons (Fsp3) is 0.500. The molecule has 18 heavy (non-hydrogen) atoms. The molecule has 0 amide bonds. The van der Waals surface area contributed by atoms with E-state index < -0.39 is 0 Å². The van der Waals surface area contributed by atoms with Gasteiger partial charge in [0.05, 0.1) is 24.1 Å². The third-order valence-electron chi connectivity index (χ3n) is 2.77. The molecule has 0 aliphatic rings. The van der Waals surface area contributed by atoms with E-state index in [1.54, 1.807) is 11.8 Å². The summed E-state index contributed by atoms with van der Waals surface area (Å²) in [7, 11) is 3.53. The Balaban J connectivity index is 1.98. The Morgan fingerprint density at radius 3 is 2.78 bits per heavy atom. The molecule has 0 atom stereocenters.